The molecule has 11 heteroatoms. The van der Waals surface area contributed by atoms with Gasteiger partial charge >= 0.3 is 0 Å². The maximum Gasteiger partial charge on any atom is 0.282 e. The summed E-state index contributed by atoms with van der Waals surface area (Å²) in [7, 11) is 1.44. The molecule has 30 heavy (non-hydrogen) atoms. The first-order chi connectivity index (χ1) is 14.1. The second-order valence-corrected chi connectivity index (χ2v) is 6.69. The third kappa shape index (κ3) is 3.48. The highest BCUT2D eigenvalue weighted by Gasteiger charge is 2.42. The Labute approximate surface area is 169 Å². The van der Waals surface area contributed by atoms with Crippen molar-refractivity contribution in [1.82, 2.24) is 9.80 Å². The molecule has 1 heterocycles. The van der Waals surface area contributed by atoms with E-state index in [1.54, 1.807) is 13.0 Å². The highest BCUT2D eigenvalue weighted by atomic mass is 16.6. The third-order valence-corrected chi connectivity index (χ3v) is 5.00. The summed E-state index contributed by atoms with van der Waals surface area (Å²) in [6.45, 7) is 1.03. The number of carbonyl (C=O) groups excluding carboxylic acids is 3. The van der Waals surface area contributed by atoms with Crippen molar-refractivity contribution in [2.45, 2.75) is 13.0 Å². The quantitative estimate of drug-likeness (QED) is 0.402. The van der Waals surface area contributed by atoms with E-state index < -0.39 is 45.8 Å². The molecule has 11 nitrogen and oxygen atoms in total. The molecule has 1 atom stereocenters. The molecular formula is C19H16N4O7. The molecule has 1 unspecified atom stereocenters. The average Bonchev–Trinajstić information content (AvgIpc) is 2.97. The molecule has 2 aromatic carbocycles. The maximum absolute atomic E-state index is 12.7. The number of rotatable bonds is 6. The number of carbonyl (C=O) groups is 3. The molecule has 1 aliphatic rings. The third-order valence-electron chi connectivity index (χ3n) is 5.00. The molecule has 3 amide bonds. The largest absolute Gasteiger partial charge is 0.337 e. The van der Waals surface area contributed by atoms with E-state index in [4.69, 9.17) is 0 Å². The van der Waals surface area contributed by atoms with Crippen LogP contribution in [-0.4, -0.2) is 51.0 Å². The highest BCUT2D eigenvalue weighted by Crippen LogP contribution is 2.31. The van der Waals surface area contributed by atoms with Gasteiger partial charge in [-0.25, -0.2) is 0 Å². The average molecular weight is 412 g/mol. The fourth-order valence-electron chi connectivity index (χ4n) is 3.20. The number of fused-ring (bicyclic) bond motifs is 1. The molecule has 0 N–H and O–H groups in total. The van der Waals surface area contributed by atoms with Crippen LogP contribution in [0.25, 0.3) is 0 Å². The maximum atomic E-state index is 12.7. The van der Waals surface area contributed by atoms with E-state index >= 15 is 0 Å². The van der Waals surface area contributed by atoms with Crippen LogP contribution in [0.1, 0.15) is 39.2 Å². The van der Waals surface area contributed by atoms with Gasteiger partial charge in [0, 0.05) is 25.2 Å². The van der Waals surface area contributed by atoms with E-state index in [2.05, 4.69) is 0 Å². The number of benzene rings is 2. The van der Waals surface area contributed by atoms with Crippen LogP contribution in [0.4, 0.5) is 11.4 Å². The summed E-state index contributed by atoms with van der Waals surface area (Å²) in [5.74, 6) is -2.30. The standard InChI is InChI=1S/C19H16N4O7/c1-11(12-5-3-6-13(9-12)22(27)28)20(2)16(24)10-21-18(25)14-7-4-8-15(23(29)30)17(14)19(21)26/h3-9,11H,10H2,1-2H3. The van der Waals surface area contributed by atoms with Crippen LogP contribution in [0.15, 0.2) is 42.5 Å². The Balaban J connectivity index is 1.80. The minimum atomic E-state index is -0.910. The monoisotopic (exact) mass is 412 g/mol. The molecule has 0 saturated carbocycles. The molecule has 3 rings (SSSR count). The summed E-state index contributed by atoms with van der Waals surface area (Å²) in [6, 6.07) is 8.89. The first-order valence-electron chi connectivity index (χ1n) is 8.77. The summed E-state index contributed by atoms with van der Waals surface area (Å²) < 4.78 is 0. The van der Waals surface area contributed by atoms with Crippen molar-refractivity contribution in [3.63, 3.8) is 0 Å². The van der Waals surface area contributed by atoms with Gasteiger partial charge in [0.2, 0.25) is 5.91 Å². The van der Waals surface area contributed by atoms with Gasteiger partial charge in [-0.2, -0.15) is 0 Å². The van der Waals surface area contributed by atoms with E-state index in [1.165, 1.54) is 42.3 Å². The van der Waals surface area contributed by atoms with Gasteiger partial charge in [0.15, 0.2) is 0 Å². The van der Waals surface area contributed by atoms with Crippen molar-refractivity contribution in [3.8, 4) is 0 Å². The van der Waals surface area contributed by atoms with E-state index in [0.29, 0.717) is 10.5 Å². The Morgan fingerprint density at radius 3 is 2.37 bits per heavy atom. The van der Waals surface area contributed by atoms with Crippen molar-refractivity contribution in [2.24, 2.45) is 0 Å². The number of likely N-dealkylation sites (N-methyl/N-ethyl adjacent to an activating group) is 1. The van der Waals surface area contributed by atoms with E-state index in [9.17, 15) is 34.6 Å². The molecule has 0 aliphatic carbocycles. The predicted molar refractivity (Wildman–Crippen MR) is 103 cm³/mol. The molecule has 1 aliphatic heterocycles. The number of nitrogens with zero attached hydrogens (tertiary/aromatic N) is 4. The SMILES string of the molecule is CC(c1cccc([N+](=O)[O-])c1)N(C)C(=O)CN1C(=O)c2cccc([N+](=O)[O-])c2C1=O. The molecule has 0 fully saturated rings. The van der Waals surface area contributed by atoms with Crippen LogP contribution >= 0.6 is 0 Å². The predicted octanol–water partition coefficient (Wildman–Crippen LogP) is 2.32. The summed E-state index contributed by atoms with van der Waals surface area (Å²) >= 11 is 0. The number of hydrogen-bond acceptors (Lipinski definition) is 7. The number of non-ortho nitro benzene ring substituents is 1. The van der Waals surface area contributed by atoms with Crippen molar-refractivity contribution in [3.05, 3.63) is 79.4 Å². The van der Waals surface area contributed by atoms with Gasteiger partial charge in [-0.05, 0) is 18.6 Å². The molecule has 0 bridgehead atoms. The van der Waals surface area contributed by atoms with Crippen LogP contribution in [0.2, 0.25) is 0 Å². The van der Waals surface area contributed by atoms with Crippen LogP contribution in [0, 0.1) is 20.2 Å². The lowest BCUT2D eigenvalue weighted by atomic mass is 10.1. The first-order valence-corrected chi connectivity index (χ1v) is 8.77. The first kappa shape index (κ1) is 20.6. The Morgan fingerprint density at radius 2 is 1.73 bits per heavy atom. The lowest BCUT2D eigenvalue weighted by Crippen LogP contribution is -2.42. The zero-order chi connectivity index (χ0) is 22.2. The molecule has 154 valence electrons. The van der Waals surface area contributed by atoms with Crippen molar-refractivity contribution in [2.75, 3.05) is 13.6 Å². The molecule has 0 saturated heterocycles. The zero-order valence-corrected chi connectivity index (χ0v) is 16.0. The highest BCUT2D eigenvalue weighted by molar-refractivity contribution is 6.24. The Hall–Kier alpha value is -4.15. The van der Waals surface area contributed by atoms with Crippen LogP contribution in [0.3, 0.4) is 0 Å². The minimum absolute atomic E-state index is 0.128. The fraction of sp³-hybridized carbons (Fsp3) is 0.211. The second-order valence-electron chi connectivity index (χ2n) is 6.69. The van der Waals surface area contributed by atoms with Gasteiger partial charge in [0.25, 0.3) is 23.2 Å². The fourth-order valence-corrected chi connectivity index (χ4v) is 3.20. The van der Waals surface area contributed by atoms with Crippen LogP contribution < -0.4 is 0 Å². The number of hydrogen-bond donors (Lipinski definition) is 0. The molecule has 0 radical (unpaired) electrons. The second kappa shape index (κ2) is 7.70. The molecule has 0 spiro atoms. The number of nitro benzene ring substituents is 2. The molecule has 0 aromatic heterocycles. The van der Waals surface area contributed by atoms with Gasteiger partial charge in [0.1, 0.15) is 12.1 Å². The Bertz CT molecular complexity index is 1100. The van der Waals surface area contributed by atoms with Crippen LogP contribution in [-0.2, 0) is 4.79 Å². The van der Waals surface area contributed by atoms with Gasteiger partial charge < -0.3 is 4.90 Å². The van der Waals surface area contributed by atoms with Crippen LogP contribution in [0.5, 0.6) is 0 Å². The van der Waals surface area contributed by atoms with Gasteiger partial charge in [0.05, 0.1) is 21.5 Å². The van der Waals surface area contributed by atoms with Gasteiger partial charge in [-0.15, -0.1) is 0 Å². The number of nitro groups is 2. The summed E-state index contributed by atoms with van der Waals surface area (Å²) in [5.41, 5.74) is -0.601. The Kier molecular flexibility index (Phi) is 5.28. The normalized spacial score (nSPS) is 13.7. The summed E-state index contributed by atoms with van der Waals surface area (Å²) in [4.78, 5) is 60.6. The molecular weight excluding hydrogens is 396 g/mol. The summed E-state index contributed by atoms with van der Waals surface area (Å²) in [6.07, 6.45) is 0. The number of amides is 3. The van der Waals surface area contributed by atoms with Crippen molar-refractivity contribution >= 4 is 29.1 Å². The smallest absolute Gasteiger partial charge is 0.282 e. The minimum Gasteiger partial charge on any atom is -0.337 e. The topological polar surface area (TPSA) is 144 Å². The number of imide groups is 1. The zero-order valence-electron chi connectivity index (χ0n) is 16.0. The molecule has 2 aromatic rings. The Morgan fingerprint density at radius 1 is 1.07 bits per heavy atom. The van der Waals surface area contributed by atoms with Crippen molar-refractivity contribution < 1.29 is 24.2 Å². The van der Waals surface area contributed by atoms with Gasteiger partial charge in [-0.3, -0.25) is 39.5 Å². The van der Waals surface area contributed by atoms with E-state index in [-0.39, 0.29) is 16.8 Å². The summed E-state index contributed by atoms with van der Waals surface area (Å²) in [5, 5.41) is 22.1. The lowest BCUT2D eigenvalue weighted by molar-refractivity contribution is -0.385. The van der Waals surface area contributed by atoms with E-state index in [0.717, 1.165) is 6.07 Å². The van der Waals surface area contributed by atoms with Crippen molar-refractivity contribution in [1.29, 1.82) is 0 Å². The van der Waals surface area contributed by atoms with E-state index in [1.807, 2.05) is 0 Å². The van der Waals surface area contributed by atoms with Gasteiger partial charge in [-0.1, -0.05) is 18.2 Å². The lowest BCUT2D eigenvalue weighted by Gasteiger charge is -2.27.